The summed E-state index contributed by atoms with van der Waals surface area (Å²) in [5.41, 5.74) is 3.19. The predicted molar refractivity (Wildman–Crippen MR) is 81.5 cm³/mol. The maximum atomic E-state index is 8.93. The van der Waals surface area contributed by atoms with Gasteiger partial charge in [0, 0.05) is 30.5 Å². The second kappa shape index (κ2) is 5.41. The molecule has 3 heterocycles. The van der Waals surface area contributed by atoms with Gasteiger partial charge < -0.3 is 4.90 Å². The zero-order valence-corrected chi connectivity index (χ0v) is 12.4. The lowest BCUT2D eigenvalue weighted by molar-refractivity contribution is 0.494. The molecule has 0 N–H and O–H groups in total. The number of nitrogens with zero attached hydrogens (tertiary/aromatic N) is 6. The highest BCUT2D eigenvalue weighted by atomic mass is 15.3. The number of hydrogen-bond acceptors (Lipinski definition) is 5. The molecule has 2 aromatic rings. The van der Waals surface area contributed by atoms with Crippen LogP contribution in [0.25, 0.3) is 0 Å². The van der Waals surface area contributed by atoms with Crippen LogP contribution in [0.4, 0.5) is 5.82 Å². The Morgan fingerprint density at radius 1 is 1.23 bits per heavy atom. The van der Waals surface area contributed by atoms with E-state index in [1.165, 1.54) is 24.1 Å². The van der Waals surface area contributed by atoms with Crippen LogP contribution < -0.4 is 4.90 Å². The van der Waals surface area contributed by atoms with Gasteiger partial charge in [-0.15, -0.1) is 0 Å². The average Bonchev–Trinajstić information content (AvgIpc) is 3.23. The summed E-state index contributed by atoms with van der Waals surface area (Å²) >= 11 is 0. The molecule has 22 heavy (non-hydrogen) atoms. The van der Waals surface area contributed by atoms with Gasteiger partial charge in [-0.25, -0.2) is 9.97 Å². The molecule has 1 aliphatic carbocycles. The minimum absolute atomic E-state index is 0.316. The van der Waals surface area contributed by atoms with Crippen molar-refractivity contribution in [3.63, 3.8) is 0 Å². The molecule has 1 aliphatic heterocycles. The van der Waals surface area contributed by atoms with Crippen LogP contribution in [0.3, 0.4) is 0 Å². The molecule has 6 nitrogen and oxygen atoms in total. The van der Waals surface area contributed by atoms with E-state index < -0.39 is 0 Å². The highest BCUT2D eigenvalue weighted by Crippen LogP contribution is 2.31. The molecule has 4 rings (SSSR count). The zero-order valence-electron chi connectivity index (χ0n) is 12.4. The van der Waals surface area contributed by atoms with Gasteiger partial charge in [0.15, 0.2) is 0 Å². The first-order valence-corrected chi connectivity index (χ1v) is 7.87. The molecule has 112 valence electrons. The van der Waals surface area contributed by atoms with Crippen molar-refractivity contribution in [2.45, 2.75) is 38.1 Å². The Labute approximate surface area is 129 Å². The highest BCUT2D eigenvalue weighted by molar-refractivity contribution is 5.50. The van der Waals surface area contributed by atoms with E-state index in [4.69, 9.17) is 5.26 Å². The quantitative estimate of drug-likeness (QED) is 0.845. The van der Waals surface area contributed by atoms with Crippen molar-refractivity contribution < 1.29 is 0 Å². The lowest BCUT2D eigenvalue weighted by Gasteiger charge is -2.24. The standard InChI is InChI=1S/C16H18N6/c17-7-12-8-20-22(9-12)13-5-6-21(10-13)16-14-3-1-2-4-15(14)18-11-19-16/h8-9,11,13H,1-6,10H2. The molecule has 0 spiro atoms. The predicted octanol–water partition coefficient (Wildman–Crippen LogP) is 1.87. The fourth-order valence-electron chi connectivity index (χ4n) is 3.52. The molecule has 1 unspecified atom stereocenters. The summed E-state index contributed by atoms with van der Waals surface area (Å²) in [4.78, 5) is 11.4. The van der Waals surface area contributed by atoms with Crippen LogP contribution >= 0.6 is 0 Å². The van der Waals surface area contributed by atoms with Crippen LogP contribution in [0.2, 0.25) is 0 Å². The van der Waals surface area contributed by atoms with Crippen LogP contribution in [-0.2, 0) is 12.8 Å². The van der Waals surface area contributed by atoms with Crippen LogP contribution in [0.1, 0.15) is 42.1 Å². The summed E-state index contributed by atoms with van der Waals surface area (Å²) in [6.45, 7) is 1.88. The van der Waals surface area contributed by atoms with E-state index in [1.807, 2.05) is 10.9 Å². The smallest absolute Gasteiger partial charge is 0.135 e. The Hall–Kier alpha value is -2.42. The number of aryl methyl sites for hydroxylation is 1. The summed E-state index contributed by atoms with van der Waals surface area (Å²) < 4.78 is 1.92. The minimum atomic E-state index is 0.316. The van der Waals surface area contributed by atoms with Gasteiger partial charge in [-0.05, 0) is 32.1 Å². The molecule has 0 amide bonds. The lowest BCUT2D eigenvalue weighted by Crippen LogP contribution is -2.25. The molecule has 0 saturated carbocycles. The molecule has 2 aliphatic rings. The molecular weight excluding hydrogens is 276 g/mol. The van der Waals surface area contributed by atoms with Gasteiger partial charge in [0.2, 0.25) is 0 Å². The summed E-state index contributed by atoms with van der Waals surface area (Å²) in [6, 6.07) is 2.45. The Balaban J connectivity index is 1.57. The largest absolute Gasteiger partial charge is 0.354 e. The van der Waals surface area contributed by atoms with E-state index >= 15 is 0 Å². The van der Waals surface area contributed by atoms with Crippen LogP contribution in [0.5, 0.6) is 0 Å². The van der Waals surface area contributed by atoms with Crippen molar-refractivity contribution in [2.75, 3.05) is 18.0 Å². The fraction of sp³-hybridized carbons (Fsp3) is 0.500. The molecule has 0 bridgehead atoms. The van der Waals surface area contributed by atoms with Gasteiger partial charge in [0.25, 0.3) is 0 Å². The van der Waals surface area contributed by atoms with Gasteiger partial charge in [-0.1, -0.05) is 0 Å². The average molecular weight is 294 g/mol. The van der Waals surface area contributed by atoms with Crippen molar-refractivity contribution in [3.8, 4) is 6.07 Å². The van der Waals surface area contributed by atoms with Crippen molar-refractivity contribution in [2.24, 2.45) is 0 Å². The minimum Gasteiger partial charge on any atom is -0.354 e. The number of rotatable bonds is 2. The zero-order chi connectivity index (χ0) is 14.9. The normalized spacial score (nSPS) is 20.7. The third-order valence-electron chi connectivity index (χ3n) is 4.67. The number of fused-ring (bicyclic) bond motifs is 1. The molecule has 1 atom stereocenters. The van der Waals surface area contributed by atoms with Crippen LogP contribution in [0, 0.1) is 11.3 Å². The number of aromatic nitrogens is 4. The molecule has 1 saturated heterocycles. The first kappa shape index (κ1) is 13.3. The maximum Gasteiger partial charge on any atom is 0.135 e. The third kappa shape index (κ3) is 2.23. The van der Waals surface area contributed by atoms with E-state index in [2.05, 4.69) is 26.0 Å². The molecular formula is C16H18N6. The van der Waals surface area contributed by atoms with E-state index in [1.54, 1.807) is 12.5 Å². The second-order valence-corrected chi connectivity index (χ2v) is 6.04. The number of hydrogen-bond donors (Lipinski definition) is 0. The van der Waals surface area contributed by atoms with Gasteiger partial charge in [-0.3, -0.25) is 4.68 Å². The van der Waals surface area contributed by atoms with E-state index in [0.717, 1.165) is 38.2 Å². The third-order valence-corrected chi connectivity index (χ3v) is 4.67. The first-order valence-electron chi connectivity index (χ1n) is 7.87. The van der Waals surface area contributed by atoms with Crippen LogP contribution in [0.15, 0.2) is 18.7 Å². The van der Waals surface area contributed by atoms with Crippen molar-refractivity contribution in [3.05, 3.63) is 35.5 Å². The van der Waals surface area contributed by atoms with E-state index in [9.17, 15) is 0 Å². The molecule has 0 aromatic carbocycles. The van der Waals surface area contributed by atoms with Crippen LogP contribution in [-0.4, -0.2) is 32.8 Å². The second-order valence-electron chi connectivity index (χ2n) is 6.04. The summed E-state index contributed by atoms with van der Waals surface area (Å²) in [6.07, 6.45) is 10.8. The lowest BCUT2D eigenvalue weighted by atomic mass is 9.96. The fourth-order valence-corrected chi connectivity index (χ4v) is 3.52. The number of anilines is 1. The Kier molecular flexibility index (Phi) is 3.26. The van der Waals surface area contributed by atoms with Gasteiger partial charge in [-0.2, -0.15) is 10.4 Å². The Morgan fingerprint density at radius 3 is 3.00 bits per heavy atom. The SMILES string of the molecule is N#Cc1cnn(C2CCN(c3ncnc4c3CCCC4)C2)c1. The van der Waals surface area contributed by atoms with E-state index in [-0.39, 0.29) is 0 Å². The summed E-state index contributed by atoms with van der Waals surface area (Å²) in [5.74, 6) is 1.11. The van der Waals surface area contributed by atoms with E-state index in [0.29, 0.717) is 11.6 Å². The van der Waals surface area contributed by atoms with Crippen molar-refractivity contribution >= 4 is 5.82 Å². The van der Waals surface area contributed by atoms with Gasteiger partial charge in [0.05, 0.1) is 17.8 Å². The van der Waals surface area contributed by atoms with Gasteiger partial charge >= 0.3 is 0 Å². The molecule has 2 aromatic heterocycles. The Bertz CT molecular complexity index is 728. The summed E-state index contributed by atoms with van der Waals surface area (Å²) in [7, 11) is 0. The summed E-state index contributed by atoms with van der Waals surface area (Å²) in [5, 5.41) is 13.2. The first-order chi connectivity index (χ1) is 10.8. The molecule has 6 heteroatoms. The maximum absolute atomic E-state index is 8.93. The number of nitriles is 1. The highest BCUT2D eigenvalue weighted by Gasteiger charge is 2.28. The van der Waals surface area contributed by atoms with Crippen molar-refractivity contribution in [1.29, 1.82) is 5.26 Å². The Morgan fingerprint density at radius 2 is 2.14 bits per heavy atom. The monoisotopic (exact) mass is 294 g/mol. The topological polar surface area (TPSA) is 70.6 Å². The van der Waals surface area contributed by atoms with Gasteiger partial charge in [0.1, 0.15) is 18.2 Å². The molecule has 1 fully saturated rings. The van der Waals surface area contributed by atoms with Crippen molar-refractivity contribution in [1.82, 2.24) is 19.7 Å². The molecule has 0 radical (unpaired) electrons.